The highest BCUT2D eigenvalue weighted by Crippen LogP contribution is 2.24. The third-order valence-corrected chi connectivity index (χ3v) is 4.06. The monoisotopic (exact) mass is 222 g/mol. The smallest absolute Gasteiger partial charge is 0.0606 e. The Kier molecular flexibility index (Phi) is 3.52. The van der Waals surface area contributed by atoms with Gasteiger partial charge in [-0.2, -0.15) is 11.8 Å². The molecule has 1 aromatic heterocycles. The van der Waals surface area contributed by atoms with E-state index in [0.29, 0.717) is 0 Å². The fourth-order valence-corrected chi connectivity index (χ4v) is 3.16. The Morgan fingerprint density at radius 3 is 3.00 bits per heavy atom. The summed E-state index contributed by atoms with van der Waals surface area (Å²) in [7, 11) is 0. The van der Waals surface area contributed by atoms with Crippen molar-refractivity contribution in [2.45, 2.75) is 20.3 Å². The highest BCUT2D eigenvalue weighted by molar-refractivity contribution is 7.99. The van der Waals surface area contributed by atoms with Gasteiger partial charge in [0.25, 0.3) is 0 Å². The van der Waals surface area contributed by atoms with Gasteiger partial charge < -0.3 is 5.32 Å². The minimum Gasteiger partial charge on any atom is -0.383 e. The molecule has 1 N–H and O–H groups in total. The summed E-state index contributed by atoms with van der Waals surface area (Å²) in [5, 5.41) is 3.51. The van der Waals surface area contributed by atoms with Crippen LogP contribution in [0.1, 0.15) is 17.8 Å². The summed E-state index contributed by atoms with van der Waals surface area (Å²) in [4.78, 5) is 4.45. The number of hydrogen-bond donors (Lipinski definition) is 1. The lowest BCUT2D eigenvalue weighted by Crippen LogP contribution is -2.14. The molecule has 1 aliphatic heterocycles. The molecule has 1 unspecified atom stereocenters. The largest absolute Gasteiger partial charge is 0.383 e. The first-order valence-corrected chi connectivity index (χ1v) is 6.67. The second-order valence-electron chi connectivity index (χ2n) is 4.20. The number of pyridine rings is 1. The van der Waals surface area contributed by atoms with Crippen molar-refractivity contribution in [3.05, 3.63) is 23.5 Å². The molecule has 82 valence electrons. The van der Waals surface area contributed by atoms with Crippen LogP contribution < -0.4 is 5.32 Å². The molecule has 0 amide bonds. The number of nitrogens with one attached hydrogen (secondary N) is 1. The van der Waals surface area contributed by atoms with E-state index in [-0.39, 0.29) is 0 Å². The Hall–Kier alpha value is -0.700. The molecule has 15 heavy (non-hydrogen) atoms. The summed E-state index contributed by atoms with van der Waals surface area (Å²) in [6.45, 7) is 5.20. The van der Waals surface area contributed by atoms with E-state index in [4.69, 9.17) is 0 Å². The quantitative estimate of drug-likeness (QED) is 0.851. The molecule has 0 saturated carbocycles. The first-order valence-electron chi connectivity index (χ1n) is 5.51. The van der Waals surface area contributed by atoms with E-state index in [9.17, 15) is 0 Å². The molecule has 3 heteroatoms. The normalized spacial score (nSPS) is 20.5. The molecule has 0 bridgehead atoms. The van der Waals surface area contributed by atoms with E-state index >= 15 is 0 Å². The SMILES string of the molecule is Cc1ccc(NCC2CCSC2)c(C)n1. The van der Waals surface area contributed by atoms with Crippen LogP contribution >= 0.6 is 11.8 Å². The van der Waals surface area contributed by atoms with E-state index in [1.807, 2.05) is 6.92 Å². The molecule has 0 spiro atoms. The van der Waals surface area contributed by atoms with Crippen LogP contribution in [0.3, 0.4) is 0 Å². The van der Waals surface area contributed by atoms with Crippen molar-refractivity contribution in [3.8, 4) is 0 Å². The predicted molar refractivity (Wildman–Crippen MR) is 67.6 cm³/mol. The Morgan fingerprint density at radius 2 is 2.33 bits per heavy atom. The zero-order chi connectivity index (χ0) is 10.7. The summed E-state index contributed by atoms with van der Waals surface area (Å²) in [6.07, 6.45) is 1.36. The molecule has 2 rings (SSSR count). The van der Waals surface area contributed by atoms with E-state index in [1.165, 1.54) is 23.6 Å². The maximum atomic E-state index is 4.45. The molecule has 1 aromatic rings. The van der Waals surface area contributed by atoms with Crippen LogP contribution in [-0.2, 0) is 0 Å². The van der Waals surface area contributed by atoms with Crippen LogP contribution in [0.5, 0.6) is 0 Å². The molecule has 2 nitrogen and oxygen atoms in total. The standard InChI is InChI=1S/C12H18N2S/c1-9-3-4-12(10(2)14-9)13-7-11-5-6-15-8-11/h3-4,11,13H,5-8H2,1-2H3. The molecular weight excluding hydrogens is 204 g/mol. The van der Waals surface area contributed by atoms with Crippen LogP contribution in [-0.4, -0.2) is 23.0 Å². The number of thioether (sulfide) groups is 1. The number of rotatable bonds is 3. The number of nitrogens with zero attached hydrogens (tertiary/aromatic N) is 1. The third-order valence-electron chi connectivity index (χ3n) is 2.83. The van der Waals surface area contributed by atoms with Gasteiger partial charge in [0.05, 0.1) is 11.4 Å². The number of hydrogen-bond acceptors (Lipinski definition) is 3. The highest BCUT2D eigenvalue weighted by atomic mass is 32.2. The number of aryl methyl sites for hydroxylation is 2. The number of anilines is 1. The zero-order valence-electron chi connectivity index (χ0n) is 9.42. The van der Waals surface area contributed by atoms with Crippen molar-refractivity contribution in [1.29, 1.82) is 0 Å². The first-order chi connectivity index (χ1) is 7.25. The maximum absolute atomic E-state index is 4.45. The Balaban J connectivity index is 1.92. The summed E-state index contributed by atoms with van der Waals surface area (Å²) >= 11 is 2.07. The number of aromatic nitrogens is 1. The summed E-state index contributed by atoms with van der Waals surface area (Å²) < 4.78 is 0. The zero-order valence-corrected chi connectivity index (χ0v) is 10.2. The fraction of sp³-hybridized carbons (Fsp3) is 0.583. The predicted octanol–water partition coefficient (Wildman–Crippen LogP) is 2.86. The van der Waals surface area contributed by atoms with Gasteiger partial charge in [0.1, 0.15) is 0 Å². The molecule has 2 heterocycles. The van der Waals surface area contributed by atoms with Gasteiger partial charge in [-0.1, -0.05) is 0 Å². The minimum absolute atomic E-state index is 0.843. The summed E-state index contributed by atoms with van der Waals surface area (Å²) in [5.41, 5.74) is 3.40. The fourth-order valence-electron chi connectivity index (χ4n) is 1.87. The average Bonchev–Trinajstić information content (AvgIpc) is 2.69. The molecule has 1 atom stereocenters. The van der Waals surface area contributed by atoms with Crippen molar-refractivity contribution >= 4 is 17.4 Å². The van der Waals surface area contributed by atoms with Gasteiger partial charge >= 0.3 is 0 Å². The van der Waals surface area contributed by atoms with E-state index < -0.39 is 0 Å². The molecule has 1 aliphatic rings. The first kappa shape index (κ1) is 10.8. The molecule has 1 fully saturated rings. The van der Waals surface area contributed by atoms with Crippen LogP contribution in [0.25, 0.3) is 0 Å². The van der Waals surface area contributed by atoms with Gasteiger partial charge in [0.2, 0.25) is 0 Å². The van der Waals surface area contributed by atoms with Crippen molar-refractivity contribution < 1.29 is 0 Å². The van der Waals surface area contributed by atoms with Crippen LogP contribution in [0.4, 0.5) is 5.69 Å². The van der Waals surface area contributed by atoms with Gasteiger partial charge in [-0.05, 0) is 49.8 Å². The Morgan fingerprint density at radius 1 is 1.47 bits per heavy atom. The van der Waals surface area contributed by atoms with E-state index in [0.717, 1.165) is 23.9 Å². The molecular formula is C12H18N2S. The molecule has 0 aliphatic carbocycles. The van der Waals surface area contributed by atoms with Gasteiger partial charge in [0, 0.05) is 12.2 Å². The van der Waals surface area contributed by atoms with E-state index in [1.54, 1.807) is 0 Å². The third kappa shape index (κ3) is 2.88. The Labute approximate surface area is 95.9 Å². The van der Waals surface area contributed by atoms with Gasteiger partial charge in [-0.15, -0.1) is 0 Å². The Bertz CT molecular complexity index is 332. The molecule has 1 saturated heterocycles. The molecule has 0 radical (unpaired) electrons. The van der Waals surface area contributed by atoms with Crippen molar-refractivity contribution in [1.82, 2.24) is 4.98 Å². The maximum Gasteiger partial charge on any atom is 0.0606 e. The summed E-state index contributed by atoms with van der Waals surface area (Å²) in [6, 6.07) is 4.21. The van der Waals surface area contributed by atoms with Crippen LogP contribution in [0, 0.1) is 19.8 Å². The lowest BCUT2D eigenvalue weighted by Gasteiger charge is -2.13. The lowest BCUT2D eigenvalue weighted by molar-refractivity contribution is 0.631. The van der Waals surface area contributed by atoms with Crippen molar-refractivity contribution in [2.75, 3.05) is 23.4 Å². The topological polar surface area (TPSA) is 24.9 Å². The van der Waals surface area contributed by atoms with Gasteiger partial charge in [-0.3, -0.25) is 4.98 Å². The second kappa shape index (κ2) is 4.88. The van der Waals surface area contributed by atoms with E-state index in [2.05, 4.69) is 41.1 Å². The molecule has 0 aromatic carbocycles. The van der Waals surface area contributed by atoms with Crippen LogP contribution in [0.2, 0.25) is 0 Å². The van der Waals surface area contributed by atoms with Crippen LogP contribution in [0.15, 0.2) is 12.1 Å². The van der Waals surface area contributed by atoms with Gasteiger partial charge in [-0.25, -0.2) is 0 Å². The lowest BCUT2D eigenvalue weighted by atomic mass is 10.1. The minimum atomic E-state index is 0.843. The average molecular weight is 222 g/mol. The summed E-state index contributed by atoms with van der Waals surface area (Å²) in [5.74, 6) is 3.48. The van der Waals surface area contributed by atoms with Crippen molar-refractivity contribution in [3.63, 3.8) is 0 Å². The highest BCUT2D eigenvalue weighted by Gasteiger charge is 2.15. The van der Waals surface area contributed by atoms with Crippen molar-refractivity contribution in [2.24, 2.45) is 5.92 Å². The second-order valence-corrected chi connectivity index (χ2v) is 5.35. The van der Waals surface area contributed by atoms with Gasteiger partial charge in [0.15, 0.2) is 0 Å².